The summed E-state index contributed by atoms with van der Waals surface area (Å²) < 4.78 is 0. The van der Waals surface area contributed by atoms with Crippen LogP contribution in [0.25, 0.3) is 10.8 Å². The molecule has 1 fully saturated rings. The molecule has 0 saturated heterocycles. The first-order chi connectivity index (χ1) is 9.70. The van der Waals surface area contributed by atoms with E-state index in [1.54, 1.807) is 0 Å². The molecule has 0 atom stereocenters. The maximum absolute atomic E-state index is 10.4. The lowest BCUT2D eigenvalue weighted by Gasteiger charge is -2.36. The molecule has 2 aromatic rings. The van der Waals surface area contributed by atoms with Crippen molar-refractivity contribution in [3.8, 4) is 0 Å². The highest BCUT2D eigenvalue weighted by Crippen LogP contribution is 2.39. The van der Waals surface area contributed by atoms with Gasteiger partial charge in [-0.3, -0.25) is 0 Å². The van der Waals surface area contributed by atoms with Crippen molar-refractivity contribution in [3.05, 3.63) is 48.0 Å². The minimum atomic E-state index is -0.512. The fourth-order valence-corrected chi connectivity index (χ4v) is 3.47. The molecule has 20 heavy (non-hydrogen) atoms. The molecule has 1 aliphatic carbocycles. The lowest BCUT2D eigenvalue weighted by molar-refractivity contribution is -0.00620. The Morgan fingerprint density at radius 2 is 1.75 bits per heavy atom. The van der Waals surface area contributed by atoms with Crippen molar-refractivity contribution in [2.75, 3.05) is 6.54 Å². The topological polar surface area (TPSA) is 46.2 Å². The van der Waals surface area contributed by atoms with Crippen LogP contribution in [0.3, 0.4) is 0 Å². The zero-order chi connectivity index (χ0) is 14.0. The van der Waals surface area contributed by atoms with Crippen LogP contribution < -0.4 is 5.73 Å². The van der Waals surface area contributed by atoms with Crippen LogP contribution in [0.5, 0.6) is 0 Å². The second-order valence-electron chi connectivity index (χ2n) is 6.14. The molecule has 3 rings (SSSR count). The van der Waals surface area contributed by atoms with Crippen LogP contribution in [0.2, 0.25) is 0 Å². The van der Waals surface area contributed by atoms with Gasteiger partial charge in [0.05, 0.1) is 5.60 Å². The van der Waals surface area contributed by atoms with E-state index in [-0.39, 0.29) is 0 Å². The van der Waals surface area contributed by atoms with Gasteiger partial charge in [-0.1, -0.05) is 42.5 Å². The number of benzene rings is 2. The van der Waals surface area contributed by atoms with Gasteiger partial charge in [-0.15, -0.1) is 0 Å². The average Bonchev–Trinajstić information content (AvgIpc) is 2.47. The number of fused-ring (bicyclic) bond motifs is 1. The highest BCUT2D eigenvalue weighted by atomic mass is 16.3. The third kappa shape index (κ3) is 2.72. The Hall–Kier alpha value is -1.38. The summed E-state index contributed by atoms with van der Waals surface area (Å²) in [4.78, 5) is 0. The van der Waals surface area contributed by atoms with Gasteiger partial charge in [-0.05, 0) is 60.9 Å². The van der Waals surface area contributed by atoms with Gasteiger partial charge >= 0.3 is 0 Å². The van der Waals surface area contributed by atoms with E-state index in [4.69, 9.17) is 5.73 Å². The van der Waals surface area contributed by atoms with Crippen molar-refractivity contribution in [1.29, 1.82) is 0 Å². The molecule has 0 aromatic heterocycles. The van der Waals surface area contributed by atoms with E-state index < -0.39 is 5.60 Å². The Kier molecular flexibility index (Phi) is 3.77. The number of rotatable bonds is 3. The van der Waals surface area contributed by atoms with Crippen molar-refractivity contribution >= 4 is 10.8 Å². The quantitative estimate of drug-likeness (QED) is 0.894. The predicted octanol–water partition coefficient (Wildman–Crippen LogP) is 3.58. The first-order valence-electron chi connectivity index (χ1n) is 7.61. The minimum Gasteiger partial charge on any atom is -0.390 e. The smallest absolute Gasteiger partial charge is 0.0660 e. The number of aliphatic hydroxyl groups is 1. The molecule has 0 unspecified atom stereocenters. The molecule has 1 saturated carbocycles. The summed E-state index contributed by atoms with van der Waals surface area (Å²) in [5.74, 6) is 0.581. The maximum atomic E-state index is 10.4. The monoisotopic (exact) mass is 269 g/mol. The molecule has 2 heteroatoms. The highest BCUT2D eigenvalue weighted by Gasteiger charge is 2.32. The van der Waals surface area contributed by atoms with Crippen LogP contribution in [0.1, 0.15) is 43.6 Å². The Balaban J connectivity index is 1.76. The number of nitrogens with two attached hydrogens (primary N) is 1. The van der Waals surface area contributed by atoms with Gasteiger partial charge in [0.1, 0.15) is 0 Å². The van der Waals surface area contributed by atoms with Crippen molar-refractivity contribution in [2.24, 2.45) is 5.73 Å². The summed E-state index contributed by atoms with van der Waals surface area (Å²) in [6.45, 7) is 0.580. The molecular formula is C18H23NO. The van der Waals surface area contributed by atoms with Crippen LogP contribution in [0.4, 0.5) is 0 Å². The van der Waals surface area contributed by atoms with Crippen LogP contribution >= 0.6 is 0 Å². The molecule has 2 aromatic carbocycles. The number of hydrogen-bond donors (Lipinski definition) is 2. The first-order valence-corrected chi connectivity index (χ1v) is 7.61. The van der Waals surface area contributed by atoms with Crippen LogP contribution in [0, 0.1) is 0 Å². The van der Waals surface area contributed by atoms with Crippen LogP contribution in [0.15, 0.2) is 42.5 Å². The Morgan fingerprint density at radius 3 is 2.45 bits per heavy atom. The Labute approximate surface area is 120 Å². The third-order valence-electron chi connectivity index (χ3n) is 4.77. The lowest BCUT2D eigenvalue weighted by Crippen LogP contribution is -2.35. The van der Waals surface area contributed by atoms with Crippen molar-refractivity contribution in [1.82, 2.24) is 0 Å². The number of hydrogen-bond acceptors (Lipinski definition) is 2. The summed E-state index contributed by atoms with van der Waals surface area (Å²) in [5, 5.41) is 13.0. The summed E-state index contributed by atoms with van der Waals surface area (Å²) in [5.41, 5.74) is 6.50. The van der Waals surface area contributed by atoms with E-state index in [1.807, 2.05) is 0 Å². The SMILES string of the molecule is NCCC1(O)CCC(c2ccc3ccccc3c2)CC1. The van der Waals surface area contributed by atoms with Crippen molar-refractivity contribution in [3.63, 3.8) is 0 Å². The molecule has 0 bridgehead atoms. The van der Waals surface area contributed by atoms with Gasteiger partial charge < -0.3 is 10.8 Å². The summed E-state index contributed by atoms with van der Waals surface area (Å²) in [6.07, 6.45) is 4.62. The summed E-state index contributed by atoms with van der Waals surface area (Å²) in [7, 11) is 0. The van der Waals surface area contributed by atoms with E-state index in [0.29, 0.717) is 12.5 Å². The van der Waals surface area contributed by atoms with Gasteiger partial charge in [0, 0.05) is 0 Å². The predicted molar refractivity (Wildman–Crippen MR) is 83.8 cm³/mol. The molecule has 0 aliphatic heterocycles. The van der Waals surface area contributed by atoms with Crippen molar-refractivity contribution < 1.29 is 5.11 Å². The first kappa shape index (κ1) is 13.6. The fourth-order valence-electron chi connectivity index (χ4n) is 3.47. The van der Waals surface area contributed by atoms with Gasteiger partial charge in [0.25, 0.3) is 0 Å². The molecule has 0 amide bonds. The van der Waals surface area contributed by atoms with Crippen molar-refractivity contribution in [2.45, 2.75) is 43.6 Å². The minimum absolute atomic E-state index is 0.512. The Bertz CT molecular complexity index is 585. The molecule has 3 N–H and O–H groups in total. The lowest BCUT2D eigenvalue weighted by atomic mass is 9.74. The highest BCUT2D eigenvalue weighted by molar-refractivity contribution is 5.83. The zero-order valence-corrected chi connectivity index (χ0v) is 11.9. The summed E-state index contributed by atoms with van der Waals surface area (Å²) >= 11 is 0. The van der Waals surface area contributed by atoms with E-state index >= 15 is 0 Å². The summed E-state index contributed by atoms with van der Waals surface area (Å²) in [6, 6.07) is 15.3. The molecule has 2 nitrogen and oxygen atoms in total. The van der Waals surface area contributed by atoms with Crippen LogP contribution in [-0.2, 0) is 0 Å². The van der Waals surface area contributed by atoms with E-state index in [9.17, 15) is 5.11 Å². The molecular weight excluding hydrogens is 246 g/mol. The zero-order valence-electron chi connectivity index (χ0n) is 11.9. The van der Waals surface area contributed by atoms with E-state index in [0.717, 1.165) is 32.1 Å². The van der Waals surface area contributed by atoms with E-state index in [1.165, 1.54) is 16.3 Å². The largest absolute Gasteiger partial charge is 0.390 e. The van der Waals surface area contributed by atoms with Crippen LogP contribution in [-0.4, -0.2) is 17.3 Å². The van der Waals surface area contributed by atoms with Gasteiger partial charge in [0.2, 0.25) is 0 Å². The third-order valence-corrected chi connectivity index (χ3v) is 4.77. The standard InChI is InChI=1S/C18H23NO/c19-12-11-18(20)9-7-15(8-10-18)17-6-5-14-3-1-2-4-16(14)13-17/h1-6,13,15,20H,7-12,19H2. The second-order valence-corrected chi connectivity index (χ2v) is 6.14. The fraction of sp³-hybridized carbons (Fsp3) is 0.444. The molecule has 0 heterocycles. The normalized spacial score (nSPS) is 26.8. The van der Waals surface area contributed by atoms with Gasteiger partial charge in [-0.25, -0.2) is 0 Å². The second kappa shape index (κ2) is 5.55. The molecule has 1 aliphatic rings. The average molecular weight is 269 g/mol. The van der Waals surface area contributed by atoms with E-state index in [2.05, 4.69) is 42.5 Å². The molecule has 106 valence electrons. The van der Waals surface area contributed by atoms with Gasteiger partial charge in [-0.2, -0.15) is 0 Å². The molecule has 0 radical (unpaired) electrons. The molecule has 0 spiro atoms. The maximum Gasteiger partial charge on any atom is 0.0660 e. The Morgan fingerprint density at radius 1 is 1.05 bits per heavy atom. The van der Waals surface area contributed by atoms with Gasteiger partial charge in [0.15, 0.2) is 0 Å².